The lowest BCUT2D eigenvalue weighted by atomic mass is 10.1. The monoisotopic (exact) mass is 414 g/mol. The largest absolute Gasteiger partial charge is 0.491 e. The summed E-state index contributed by atoms with van der Waals surface area (Å²) in [4.78, 5) is 24.8. The SMILES string of the molecule is C[C@@H]1COc2cccc(c2)-c2ccccc2SCCCC[C@H](NC(=O)O)C(=O)N1. The molecular formula is C22H26N2O4S. The highest BCUT2D eigenvalue weighted by Gasteiger charge is 2.22. The normalized spacial score (nSPS) is 20.7. The van der Waals surface area contributed by atoms with Gasteiger partial charge in [0, 0.05) is 4.90 Å². The van der Waals surface area contributed by atoms with Crippen LogP contribution in [-0.4, -0.2) is 41.6 Å². The van der Waals surface area contributed by atoms with E-state index >= 15 is 0 Å². The van der Waals surface area contributed by atoms with Crippen LogP contribution in [0.15, 0.2) is 53.4 Å². The van der Waals surface area contributed by atoms with Crippen LogP contribution in [0.2, 0.25) is 0 Å². The third-order valence-corrected chi connectivity index (χ3v) is 5.84. The molecule has 0 saturated carbocycles. The van der Waals surface area contributed by atoms with E-state index in [0.29, 0.717) is 13.0 Å². The highest BCUT2D eigenvalue weighted by atomic mass is 32.2. The smallest absolute Gasteiger partial charge is 0.405 e. The fourth-order valence-electron chi connectivity index (χ4n) is 3.24. The molecule has 1 heterocycles. The summed E-state index contributed by atoms with van der Waals surface area (Å²) < 4.78 is 5.88. The first kappa shape index (κ1) is 21.0. The number of amides is 2. The van der Waals surface area contributed by atoms with E-state index in [9.17, 15) is 9.59 Å². The lowest BCUT2D eigenvalue weighted by molar-refractivity contribution is -0.124. The highest BCUT2D eigenvalue weighted by Crippen LogP contribution is 2.33. The minimum absolute atomic E-state index is 0.250. The molecule has 154 valence electrons. The Morgan fingerprint density at radius 1 is 1.21 bits per heavy atom. The van der Waals surface area contributed by atoms with Crippen molar-refractivity contribution < 1.29 is 19.4 Å². The molecule has 2 atom stereocenters. The summed E-state index contributed by atoms with van der Waals surface area (Å²) in [5.41, 5.74) is 2.27. The van der Waals surface area contributed by atoms with E-state index in [1.807, 2.05) is 37.3 Å². The Hall–Kier alpha value is -2.67. The van der Waals surface area contributed by atoms with E-state index in [-0.39, 0.29) is 11.9 Å². The van der Waals surface area contributed by atoms with Crippen molar-refractivity contribution >= 4 is 23.8 Å². The lowest BCUT2D eigenvalue weighted by Gasteiger charge is -2.21. The van der Waals surface area contributed by atoms with Gasteiger partial charge in [-0.3, -0.25) is 4.79 Å². The van der Waals surface area contributed by atoms with Crippen LogP contribution in [-0.2, 0) is 4.79 Å². The molecule has 0 saturated heterocycles. The summed E-state index contributed by atoms with van der Waals surface area (Å²) in [7, 11) is 0. The molecule has 0 aliphatic carbocycles. The zero-order valence-corrected chi connectivity index (χ0v) is 17.2. The van der Waals surface area contributed by atoms with Gasteiger partial charge in [0.15, 0.2) is 0 Å². The quantitative estimate of drug-likeness (QED) is 0.653. The van der Waals surface area contributed by atoms with Crippen LogP contribution in [0, 0.1) is 0 Å². The van der Waals surface area contributed by atoms with Crippen LogP contribution in [0.4, 0.5) is 4.79 Å². The summed E-state index contributed by atoms with van der Waals surface area (Å²) in [5, 5.41) is 14.2. The van der Waals surface area contributed by atoms with Gasteiger partial charge >= 0.3 is 6.09 Å². The third-order valence-electron chi connectivity index (χ3n) is 4.68. The van der Waals surface area contributed by atoms with Crippen molar-refractivity contribution in [1.82, 2.24) is 10.6 Å². The summed E-state index contributed by atoms with van der Waals surface area (Å²) in [6.07, 6.45) is 0.924. The molecule has 3 N–H and O–H groups in total. The van der Waals surface area contributed by atoms with Crippen LogP contribution in [0.3, 0.4) is 0 Å². The average Bonchev–Trinajstić information content (AvgIpc) is 2.71. The van der Waals surface area contributed by atoms with Gasteiger partial charge in [-0.15, -0.1) is 11.8 Å². The number of carboxylic acid groups (broad SMARTS) is 1. The second kappa shape index (κ2) is 10.2. The van der Waals surface area contributed by atoms with Crippen LogP contribution >= 0.6 is 11.8 Å². The molecule has 2 aromatic rings. The van der Waals surface area contributed by atoms with Crippen LogP contribution in [0.5, 0.6) is 5.75 Å². The lowest BCUT2D eigenvalue weighted by Crippen LogP contribution is -2.49. The van der Waals surface area contributed by atoms with Crippen LogP contribution in [0.25, 0.3) is 11.1 Å². The van der Waals surface area contributed by atoms with Gasteiger partial charge in [-0.1, -0.05) is 36.8 Å². The molecule has 29 heavy (non-hydrogen) atoms. The van der Waals surface area contributed by atoms with Crippen molar-refractivity contribution in [3.63, 3.8) is 0 Å². The number of benzene rings is 2. The summed E-state index contributed by atoms with van der Waals surface area (Å²) in [6, 6.07) is 15.2. The number of nitrogens with one attached hydrogen (secondary N) is 2. The maximum atomic E-state index is 12.5. The van der Waals surface area contributed by atoms with Crippen molar-refractivity contribution in [2.45, 2.75) is 43.2 Å². The van der Waals surface area contributed by atoms with Crippen LogP contribution in [0.1, 0.15) is 26.2 Å². The summed E-state index contributed by atoms with van der Waals surface area (Å²) >= 11 is 1.77. The fourth-order valence-corrected chi connectivity index (χ4v) is 4.33. The van der Waals surface area contributed by atoms with Crippen molar-refractivity contribution in [1.29, 1.82) is 0 Å². The van der Waals surface area contributed by atoms with Crippen molar-refractivity contribution in [2.75, 3.05) is 12.4 Å². The maximum Gasteiger partial charge on any atom is 0.405 e. The third kappa shape index (κ3) is 6.15. The van der Waals surface area contributed by atoms with Gasteiger partial charge < -0.3 is 20.5 Å². The fraction of sp³-hybridized carbons (Fsp3) is 0.364. The Morgan fingerprint density at radius 3 is 2.86 bits per heavy atom. The average molecular weight is 415 g/mol. The molecule has 2 bridgehead atoms. The number of carbonyl (C=O) groups excluding carboxylic acids is 1. The number of ether oxygens (including phenoxy) is 1. The first-order valence-corrected chi connectivity index (χ1v) is 10.8. The van der Waals surface area contributed by atoms with Gasteiger partial charge in [-0.05, 0) is 54.8 Å². The predicted molar refractivity (Wildman–Crippen MR) is 115 cm³/mol. The summed E-state index contributed by atoms with van der Waals surface area (Å²) in [5.74, 6) is 1.31. The molecule has 2 amide bonds. The molecule has 0 aromatic heterocycles. The van der Waals surface area contributed by atoms with Gasteiger partial charge in [-0.25, -0.2) is 4.79 Å². The number of fused-ring (bicyclic) bond motifs is 4. The summed E-state index contributed by atoms with van der Waals surface area (Å²) in [6.45, 7) is 2.14. The molecule has 3 rings (SSSR count). The topological polar surface area (TPSA) is 87.7 Å². The molecule has 6 nitrogen and oxygen atoms in total. The van der Waals surface area contributed by atoms with Crippen molar-refractivity contribution in [2.24, 2.45) is 0 Å². The minimum Gasteiger partial charge on any atom is -0.491 e. The minimum atomic E-state index is -1.19. The van der Waals surface area contributed by atoms with Crippen LogP contribution < -0.4 is 15.4 Å². The van der Waals surface area contributed by atoms with Gasteiger partial charge in [-0.2, -0.15) is 0 Å². The Bertz CT molecular complexity index is 858. The van der Waals surface area contributed by atoms with E-state index in [1.54, 1.807) is 11.8 Å². The van der Waals surface area contributed by atoms with E-state index < -0.39 is 12.1 Å². The van der Waals surface area contributed by atoms with Gasteiger partial charge in [0.25, 0.3) is 0 Å². The molecule has 0 spiro atoms. The Labute approximate surface area is 175 Å². The number of hydrogen-bond donors (Lipinski definition) is 3. The molecule has 0 radical (unpaired) electrons. The molecule has 0 unspecified atom stereocenters. The second-order valence-electron chi connectivity index (χ2n) is 7.09. The molecule has 2 aromatic carbocycles. The van der Waals surface area contributed by atoms with E-state index in [1.165, 1.54) is 10.5 Å². The van der Waals surface area contributed by atoms with E-state index in [4.69, 9.17) is 9.84 Å². The second-order valence-corrected chi connectivity index (χ2v) is 8.23. The number of rotatable bonds is 1. The Kier molecular flexibility index (Phi) is 7.41. The number of carbonyl (C=O) groups is 2. The van der Waals surface area contributed by atoms with Gasteiger partial charge in [0.2, 0.25) is 5.91 Å². The van der Waals surface area contributed by atoms with E-state index in [2.05, 4.69) is 28.8 Å². The number of hydrogen-bond acceptors (Lipinski definition) is 4. The molecule has 0 fully saturated rings. The maximum absolute atomic E-state index is 12.5. The molecular weight excluding hydrogens is 388 g/mol. The van der Waals surface area contributed by atoms with Gasteiger partial charge in [0.1, 0.15) is 18.4 Å². The first-order chi connectivity index (χ1) is 14.0. The standard InChI is InChI=1S/C22H26N2O4S/c1-15-14-28-17-8-6-7-16(13-17)18-9-2-3-11-20(18)29-12-5-4-10-19(21(25)23-15)24-22(26)27/h2-3,6-9,11,13,15,19,24H,4-5,10,12,14H2,1H3,(H,23,25)(H,26,27)/t15-,19+/m1/s1. The molecule has 1 aliphatic rings. The van der Waals surface area contributed by atoms with Crippen molar-refractivity contribution in [3.05, 3.63) is 48.5 Å². The van der Waals surface area contributed by atoms with Gasteiger partial charge in [0.05, 0.1) is 6.04 Å². The first-order valence-electron chi connectivity index (χ1n) is 9.78. The van der Waals surface area contributed by atoms with Crippen molar-refractivity contribution in [3.8, 4) is 16.9 Å². The Morgan fingerprint density at radius 2 is 2.03 bits per heavy atom. The number of thioether (sulfide) groups is 1. The Balaban J connectivity index is 1.82. The highest BCUT2D eigenvalue weighted by molar-refractivity contribution is 7.99. The van der Waals surface area contributed by atoms with E-state index in [0.717, 1.165) is 29.9 Å². The zero-order chi connectivity index (χ0) is 20.6. The molecule has 7 heteroatoms. The molecule has 1 aliphatic heterocycles. The predicted octanol–water partition coefficient (Wildman–Crippen LogP) is 4.15. The zero-order valence-electron chi connectivity index (χ0n) is 16.4.